The van der Waals surface area contributed by atoms with E-state index in [9.17, 15) is 8.78 Å². The summed E-state index contributed by atoms with van der Waals surface area (Å²) in [6, 6.07) is 9.43. The summed E-state index contributed by atoms with van der Waals surface area (Å²) in [6.07, 6.45) is 0. The Morgan fingerprint density at radius 1 is 1.11 bits per heavy atom. The van der Waals surface area contributed by atoms with Crippen molar-refractivity contribution in [3.05, 3.63) is 59.2 Å². The largest absolute Gasteiger partial charge is 0.399 e. The van der Waals surface area contributed by atoms with Crippen molar-refractivity contribution in [2.45, 2.75) is 17.6 Å². The van der Waals surface area contributed by atoms with E-state index in [-0.39, 0.29) is 11.3 Å². The molecule has 4 heteroatoms. The molecule has 0 saturated heterocycles. The van der Waals surface area contributed by atoms with Crippen LogP contribution in [0.15, 0.2) is 41.3 Å². The Morgan fingerprint density at radius 2 is 1.78 bits per heavy atom. The fourth-order valence-corrected chi connectivity index (χ4v) is 2.68. The zero-order valence-corrected chi connectivity index (χ0v) is 10.7. The van der Waals surface area contributed by atoms with Gasteiger partial charge in [-0.1, -0.05) is 12.1 Å². The molecule has 18 heavy (non-hydrogen) atoms. The molecular formula is C14H13F2NS. The number of halogens is 2. The number of benzene rings is 2. The van der Waals surface area contributed by atoms with Gasteiger partial charge in [0.2, 0.25) is 0 Å². The van der Waals surface area contributed by atoms with Crippen LogP contribution in [0.25, 0.3) is 0 Å². The first-order chi connectivity index (χ1) is 8.58. The third-order valence-electron chi connectivity index (χ3n) is 2.65. The average molecular weight is 265 g/mol. The number of nitrogens with two attached hydrogens (primary N) is 1. The number of anilines is 1. The first kappa shape index (κ1) is 12.9. The van der Waals surface area contributed by atoms with E-state index in [1.54, 1.807) is 0 Å². The molecule has 0 radical (unpaired) electrons. The molecular weight excluding hydrogens is 252 g/mol. The number of hydrogen-bond donors (Lipinski definition) is 1. The summed E-state index contributed by atoms with van der Waals surface area (Å²) in [4.78, 5) is 0.942. The molecule has 0 aliphatic carbocycles. The van der Waals surface area contributed by atoms with E-state index in [0.29, 0.717) is 5.69 Å². The summed E-state index contributed by atoms with van der Waals surface area (Å²) in [5, 5.41) is 0. The van der Waals surface area contributed by atoms with Crippen LogP contribution in [0.2, 0.25) is 0 Å². The van der Waals surface area contributed by atoms with Crippen LogP contribution in [0.5, 0.6) is 0 Å². The predicted octanol–water partition coefficient (Wildman–Crippen LogP) is 4.15. The van der Waals surface area contributed by atoms with E-state index in [4.69, 9.17) is 5.73 Å². The Hall–Kier alpha value is -1.55. The first-order valence-corrected chi connectivity index (χ1v) is 6.48. The molecule has 0 heterocycles. The average Bonchev–Trinajstić information content (AvgIpc) is 2.33. The molecule has 0 saturated carbocycles. The number of thioether (sulfide) groups is 1. The molecule has 0 aromatic heterocycles. The van der Waals surface area contributed by atoms with Gasteiger partial charge in [-0.15, -0.1) is 11.8 Å². The van der Waals surface area contributed by atoms with Gasteiger partial charge in [-0.3, -0.25) is 0 Å². The van der Waals surface area contributed by atoms with Crippen molar-refractivity contribution in [2.24, 2.45) is 0 Å². The zero-order chi connectivity index (χ0) is 13.1. The fourth-order valence-electron chi connectivity index (χ4n) is 1.59. The molecule has 94 valence electrons. The highest BCUT2D eigenvalue weighted by atomic mass is 32.2. The van der Waals surface area contributed by atoms with Crippen molar-refractivity contribution in [3.63, 3.8) is 0 Å². The normalized spacial score (nSPS) is 10.6. The number of hydrogen-bond acceptors (Lipinski definition) is 2. The van der Waals surface area contributed by atoms with Gasteiger partial charge in [0.15, 0.2) is 0 Å². The van der Waals surface area contributed by atoms with Gasteiger partial charge in [-0.05, 0) is 36.8 Å². The Morgan fingerprint density at radius 3 is 2.44 bits per heavy atom. The molecule has 1 nitrogen and oxygen atoms in total. The van der Waals surface area contributed by atoms with Crippen LogP contribution in [0.3, 0.4) is 0 Å². The molecule has 0 unspecified atom stereocenters. The van der Waals surface area contributed by atoms with Crippen molar-refractivity contribution in [1.29, 1.82) is 0 Å². The van der Waals surface area contributed by atoms with Crippen LogP contribution in [0.4, 0.5) is 14.5 Å². The molecule has 2 aromatic rings. The Kier molecular flexibility index (Phi) is 3.87. The van der Waals surface area contributed by atoms with Gasteiger partial charge in [-0.2, -0.15) is 0 Å². The van der Waals surface area contributed by atoms with Crippen molar-refractivity contribution < 1.29 is 8.78 Å². The Bertz CT molecular complexity index is 549. The fraction of sp³-hybridized carbons (Fsp3) is 0.143. The quantitative estimate of drug-likeness (QED) is 0.666. The van der Waals surface area contributed by atoms with Crippen LogP contribution in [-0.2, 0) is 5.75 Å². The third-order valence-corrected chi connectivity index (χ3v) is 3.83. The summed E-state index contributed by atoms with van der Waals surface area (Å²) in [6.45, 7) is 1.94. The monoisotopic (exact) mass is 265 g/mol. The van der Waals surface area contributed by atoms with E-state index < -0.39 is 11.6 Å². The Labute approximate surface area is 109 Å². The number of nitrogen functional groups attached to an aromatic ring is 1. The minimum atomic E-state index is -0.510. The molecule has 0 atom stereocenters. The van der Waals surface area contributed by atoms with Crippen LogP contribution in [0.1, 0.15) is 11.1 Å². The summed E-state index contributed by atoms with van der Waals surface area (Å²) < 4.78 is 26.9. The van der Waals surface area contributed by atoms with Gasteiger partial charge in [0.1, 0.15) is 11.6 Å². The van der Waals surface area contributed by atoms with Gasteiger partial charge >= 0.3 is 0 Å². The van der Waals surface area contributed by atoms with Crippen molar-refractivity contribution in [3.8, 4) is 0 Å². The van der Waals surface area contributed by atoms with Crippen LogP contribution in [-0.4, -0.2) is 0 Å². The van der Waals surface area contributed by atoms with Gasteiger partial charge in [0.05, 0.1) is 0 Å². The summed E-state index contributed by atoms with van der Waals surface area (Å²) in [7, 11) is 0. The van der Waals surface area contributed by atoms with E-state index in [1.165, 1.54) is 30.0 Å². The predicted molar refractivity (Wildman–Crippen MR) is 71.5 cm³/mol. The van der Waals surface area contributed by atoms with Crippen LogP contribution >= 0.6 is 11.8 Å². The second-order valence-electron chi connectivity index (χ2n) is 4.01. The highest BCUT2D eigenvalue weighted by molar-refractivity contribution is 7.98. The molecule has 2 rings (SSSR count). The first-order valence-electron chi connectivity index (χ1n) is 5.50. The minimum Gasteiger partial charge on any atom is -0.399 e. The smallest absolute Gasteiger partial charge is 0.130 e. The van der Waals surface area contributed by atoms with Gasteiger partial charge in [0.25, 0.3) is 0 Å². The second kappa shape index (κ2) is 5.40. The standard InChI is InChI=1S/C14H13F2NS/c1-9-5-6-10(17)7-14(9)18-8-11-12(15)3-2-4-13(11)16/h2-7H,8,17H2,1H3. The van der Waals surface area contributed by atoms with Gasteiger partial charge in [0, 0.05) is 21.9 Å². The molecule has 0 fully saturated rings. The van der Waals surface area contributed by atoms with E-state index in [2.05, 4.69) is 0 Å². The van der Waals surface area contributed by atoms with Crippen LogP contribution in [0, 0.1) is 18.6 Å². The van der Waals surface area contributed by atoms with Crippen molar-refractivity contribution in [2.75, 3.05) is 5.73 Å². The Balaban J connectivity index is 2.19. The van der Waals surface area contributed by atoms with Crippen molar-refractivity contribution in [1.82, 2.24) is 0 Å². The van der Waals surface area contributed by atoms with Gasteiger partial charge < -0.3 is 5.73 Å². The highest BCUT2D eigenvalue weighted by Crippen LogP contribution is 2.29. The SMILES string of the molecule is Cc1ccc(N)cc1SCc1c(F)cccc1F. The van der Waals surface area contributed by atoms with Crippen molar-refractivity contribution >= 4 is 17.4 Å². The maximum absolute atomic E-state index is 13.5. The third kappa shape index (κ3) is 2.82. The molecule has 0 amide bonds. The zero-order valence-electron chi connectivity index (χ0n) is 9.91. The highest BCUT2D eigenvalue weighted by Gasteiger charge is 2.09. The molecule has 0 aliphatic heterocycles. The van der Waals surface area contributed by atoms with E-state index >= 15 is 0 Å². The molecule has 0 spiro atoms. The lowest BCUT2D eigenvalue weighted by Crippen LogP contribution is -1.94. The summed E-state index contributed by atoms with van der Waals surface area (Å²) in [5.74, 6) is -0.767. The molecule has 2 N–H and O–H groups in total. The summed E-state index contributed by atoms with van der Waals surface area (Å²) in [5.41, 5.74) is 7.49. The minimum absolute atomic E-state index is 0.101. The molecule has 0 aliphatic rings. The second-order valence-corrected chi connectivity index (χ2v) is 5.03. The number of aryl methyl sites for hydroxylation is 1. The maximum Gasteiger partial charge on any atom is 0.130 e. The lowest BCUT2D eigenvalue weighted by atomic mass is 10.2. The number of rotatable bonds is 3. The summed E-state index contributed by atoms with van der Waals surface area (Å²) >= 11 is 1.38. The lowest BCUT2D eigenvalue weighted by Gasteiger charge is -2.08. The van der Waals surface area contributed by atoms with E-state index in [0.717, 1.165) is 10.5 Å². The van der Waals surface area contributed by atoms with E-state index in [1.807, 2.05) is 25.1 Å². The molecule has 0 bridgehead atoms. The lowest BCUT2D eigenvalue weighted by molar-refractivity contribution is 0.566. The van der Waals surface area contributed by atoms with Gasteiger partial charge in [-0.25, -0.2) is 8.78 Å². The molecule has 2 aromatic carbocycles. The van der Waals surface area contributed by atoms with Crippen LogP contribution < -0.4 is 5.73 Å². The topological polar surface area (TPSA) is 26.0 Å². The maximum atomic E-state index is 13.5.